The van der Waals surface area contributed by atoms with Crippen molar-refractivity contribution in [1.29, 1.82) is 0 Å². The second kappa shape index (κ2) is 6.60. The molecule has 0 aliphatic heterocycles. The molecule has 5 heteroatoms. The lowest BCUT2D eigenvalue weighted by Crippen LogP contribution is -2.50. The molecule has 0 bridgehead atoms. The topological polar surface area (TPSA) is 71.3 Å². The van der Waals surface area contributed by atoms with Crippen LogP contribution in [0.25, 0.3) is 6.08 Å². The van der Waals surface area contributed by atoms with Gasteiger partial charge in [0.05, 0.1) is 0 Å². The molecule has 0 saturated heterocycles. The number of rotatable bonds is 5. The summed E-state index contributed by atoms with van der Waals surface area (Å²) in [6.07, 6.45) is 4.18. The Morgan fingerprint density at radius 3 is 2.57 bits per heavy atom. The van der Waals surface area contributed by atoms with E-state index in [4.69, 9.17) is 4.42 Å². The Morgan fingerprint density at radius 2 is 2.00 bits per heavy atom. The first-order valence-corrected chi connectivity index (χ1v) is 8.06. The SMILES string of the molecule is CC(NC(=O)/C=C/c1ccc(C2CC2C)o1)C(=O)NC(C)(C)C. The molecule has 1 heterocycles. The number of nitrogens with one attached hydrogen (secondary N) is 2. The van der Waals surface area contributed by atoms with Gasteiger partial charge in [-0.2, -0.15) is 0 Å². The van der Waals surface area contributed by atoms with Gasteiger partial charge in [0.15, 0.2) is 0 Å². The first-order valence-electron chi connectivity index (χ1n) is 8.06. The quantitative estimate of drug-likeness (QED) is 0.820. The number of carbonyl (C=O) groups excluding carboxylic acids is 2. The molecule has 1 aromatic heterocycles. The predicted molar refractivity (Wildman–Crippen MR) is 89.8 cm³/mol. The molecule has 126 valence electrons. The van der Waals surface area contributed by atoms with Gasteiger partial charge in [-0.05, 0) is 58.2 Å². The fourth-order valence-corrected chi connectivity index (χ4v) is 2.34. The van der Waals surface area contributed by atoms with Gasteiger partial charge in [-0.1, -0.05) is 6.92 Å². The Bertz CT molecular complexity index is 610. The highest BCUT2D eigenvalue weighted by atomic mass is 16.3. The average molecular weight is 318 g/mol. The van der Waals surface area contributed by atoms with Crippen LogP contribution in [0, 0.1) is 5.92 Å². The van der Waals surface area contributed by atoms with Crippen molar-refractivity contribution < 1.29 is 14.0 Å². The van der Waals surface area contributed by atoms with Gasteiger partial charge in [-0.3, -0.25) is 9.59 Å². The van der Waals surface area contributed by atoms with Crippen molar-refractivity contribution in [3.05, 3.63) is 29.7 Å². The maximum Gasteiger partial charge on any atom is 0.244 e. The van der Waals surface area contributed by atoms with Crippen molar-refractivity contribution >= 4 is 17.9 Å². The van der Waals surface area contributed by atoms with E-state index in [0.717, 1.165) is 12.2 Å². The van der Waals surface area contributed by atoms with Crippen molar-refractivity contribution in [2.75, 3.05) is 0 Å². The smallest absolute Gasteiger partial charge is 0.244 e. The van der Waals surface area contributed by atoms with Crippen LogP contribution in [0.2, 0.25) is 0 Å². The molecule has 1 saturated carbocycles. The monoisotopic (exact) mass is 318 g/mol. The van der Waals surface area contributed by atoms with E-state index in [-0.39, 0.29) is 17.4 Å². The lowest BCUT2D eigenvalue weighted by atomic mass is 10.1. The van der Waals surface area contributed by atoms with Crippen LogP contribution in [-0.4, -0.2) is 23.4 Å². The van der Waals surface area contributed by atoms with E-state index >= 15 is 0 Å². The van der Waals surface area contributed by atoms with Crippen LogP contribution < -0.4 is 10.6 Å². The molecule has 2 amide bonds. The molecule has 2 rings (SSSR count). The van der Waals surface area contributed by atoms with Crippen LogP contribution in [0.5, 0.6) is 0 Å². The second-order valence-electron chi connectivity index (χ2n) is 7.36. The molecule has 2 N–H and O–H groups in total. The van der Waals surface area contributed by atoms with Crippen molar-refractivity contribution in [2.24, 2.45) is 5.92 Å². The van der Waals surface area contributed by atoms with Gasteiger partial charge in [0.1, 0.15) is 17.6 Å². The molecule has 1 aromatic rings. The normalized spacial score (nSPS) is 22.0. The van der Waals surface area contributed by atoms with E-state index in [1.807, 2.05) is 32.9 Å². The number of furan rings is 1. The lowest BCUT2D eigenvalue weighted by molar-refractivity contribution is -0.127. The molecule has 5 nitrogen and oxygen atoms in total. The van der Waals surface area contributed by atoms with E-state index in [1.54, 1.807) is 13.0 Å². The maximum atomic E-state index is 11.9. The summed E-state index contributed by atoms with van der Waals surface area (Å²) >= 11 is 0. The van der Waals surface area contributed by atoms with Crippen molar-refractivity contribution in [3.63, 3.8) is 0 Å². The summed E-state index contributed by atoms with van der Waals surface area (Å²) in [6, 6.07) is 3.23. The highest BCUT2D eigenvalue weighted by Gasteiger charge is 2.36. The van der Waals surface area contributed by atoms with Gasteiger partial charge >= 0.3 is 0 Å². The zero-order chi connectivity index (χ0) is 17.2. The summed E-state index contributed by atoms with van der Waals surface area (Å²) in [5.41, 5.74) is -0.323. The third-order valence-corrected chi connectivity index (χ3v) is 3.77. The molecule has 3 atom stereocenters. The largest absolute Gasteiger partial charge is 0.461 e. The third-order valence-electron chi connectivity index (χ3n) is 3.77. The minimum Gasteiger partial charge on any atom is -0.461 e. The van der Waals surface area contributed by atoms with E-state index in [9.17, 15) is 9.59 Å². The zero-order valence-electron chi connectivity index (χ0n) is 14.5. The molecule has 0 spiro atoms. The number of carbonyl (C=O) groups is 2. The fraction of sp³-hybridized carbons (Fsp3) is 0.556. The molecule has 3 unspecified atom stereocenters. The van der Waals surface area contributed by atoms with Gasteiger partial charge in [-0.15, -0.1) is 0 Å². The molecule has 1 aliphatic carbocycles. The minimum absolute atomic E-state index is 0.206. The van der Waals surface area contributed by atoms with E-state index < -0.39 is 6.04 Å². The highest BCUT2D eigenvalue weighted by Crippen LogP contribution is 2.47. The Morgan fingerprint density at radius 1 is 1.35 bits per heavy atom. The Labute approximate surface area is 137 Å². The molecular formula is C18H26N2O3. The Kier molecular flexibility index (Phi) is 4.97. The molecule has 1 fully saturated rings. The van der Waals surface area contributed by atoms with Crippen LogP contribution in [0.1, 0.15) is 58.5 Å². The number of hydrogen-bond donors (Lipinski definition) is 2. The Balaban J connectivity index is 1.84. The first kappa shape index (κ1) is 17.3. The second-order valence-corrected chi connectivity index (χ2v) is 7.36. The molecule has 0 aromatic carbocycles. The maximum absolute atomic E-state index is 11.9. The fourth-order valence-electron chi connectivity index (χ4n) is 2.34. The third kappa shape index (κ3) is 5.27. The van der Waals surface area contributed by atoms with Crippen molar-refractivity contribution in [1.82, 2.24) is 10.6 Å². The van der Waals surface area contributed by atoms with Crippen molar-refractivity contribution in [2.45, 2.75) is 58.5 Å². The van der Waals surface area contributed by atoms with Gasteiger partial charge in [0, 0.05) is 17.5 Å². The summed E-state index contributed by atoms with van der Waals surface area (Å²) in [7, 11) is 0. The van der Waals surface area contributed by atoms with Crippen LogP contribution in [-0.2, 0) is 9.59 Å². The van der Waals surface area contributed by atoms with E-state index in [2.05, 4.69) is 17.6 Å². The van der Waals surface area contributed by atoms with Crippen LogP contribution in [0.3, 0.4) is 0 Å². The molecule has 0 radical (unpaired) electrons. The van der Waals surface area contributed by atoms with Gasteiger partial charge in [0.25, 0.3) is 0 Å². The standard InChI is InChI=1S/C18H26N2O3/c1-11-10-14(11)15-8-6-13(23-15)7-9-16(21)19-12(2)17(22)20-18(3,4)5/h6-9,11-12,14H,10H2,1-5H3,(H,19,21)(H,20,22)/b9-7+. The number of amides is 2. The van der Waals surface area contributed by atoms with Crippen LogP contribution in [0.15, 0.2) is 22.6 Å². The minimum atomic E-state index is -0.592. The van der Waals surface area contributed by atoms with Crippen LogP contribution in [0.4, 0.5) is 0 Å². The summed E-state index contributed by atoms with van der Waals surface area (Å²) < 4.78 is 5.70. The average Bonchev–Trinajstić information content (AvgIpc) is 2.98. The molecular weight excluding hydrogens is 292 g/mol. The molecule has 23 heavy (non-hydrogen) atoms. The lowest BCUT2D eigenvalue weighted by Gasteiger charge is -2.23. The summed E-state index contributed by atoms with van der Waals surface area (Å²) in [4.78, 5) is 23.8. The summed E-state index contributed by atoms with van der Waals surface area (Å²) in [5.74, 6) is 2.31. The van der Waals surface area contributed by atoms with Gasteiger partial charge in [0.2, 0.25) is 11.8 Å². The van der Waals surface area contributed by atoms with Crippen LogP contribution >= 0.6 is 0 Å². The zero-order valence-corrected chi connectivity index (χ0v) is 14.5. The summed E-state index contributed by atoms with van der Waals surface area (Å²) in [5, 5.41) is 5.47. The van der Waals surface area contributed by atoms with E-state index in [0.29, 0.717) is 17.6 Å². The Hall–Kier alpha value is -2.04. The molecule has 1 aliphatic rings. The summed E-state index contributed by atoms with van der Waals surface area (Å²) in [6.45, 7) is 9.55. The van der Waals surface area contributed by atoms with Crippen molar-refractivity contribution in [3.8, 4) is 0 Å². The predicted octanol–water partition coefficient (Wildman–Crippen LogP) is 2.84. The van der Waals surface area contributed by atoms with Gasteiger partial charge in [-0.25, -0.2) is 0 Å². The first-order chi connectivity index (χ1) is 10.7. The van der Waals surface area contributed by atoms with Gasteiger partial charge < -0.3 is 15.1 Å². The van der Waals surface area contributed by atoms with E-state index in [1.165, 1.54) is 6.08 Å². The highest BCUT2D eigenvalue weighted by molar-refractivity contribution is 5.95. The number of hydrogen-bond acceptors (Lipinski definition) is 3.